The second-order valence-corrected chi connectivity index (χ2v) is 12.2. The summed E-state index contributed by atoms with van der Waals surface area (Å²) in [6, 6.07) is 23.7. The van der Waals surface area contributed by atoms with E-state index in [1.54, 1.807) is 88.4 Å². The Kier molecular flexibility index (Phi) is 9.32. The Morgan fingerprint density at radius 3 is 2.26 bits per heavy atom. The van der Waals surface area contributed by atoms with Gasteiger partial charge in [0.1, 0.15) is 11.4 Å². The van der Waals surface area contributed by atoms with Crippen LogP contribution in [0.1, 0.15) is 63.7 Å². The number of benzodiazepines with no additional fused rings is 1. The fourth-order valence-electron chi connectivity index (χ4n) is 5.31. The first kappa shape index (κ1) is 32.7. The maximum atomic E-state index is 15.3. The highest BCUT2D eigenvalue weighted by atomic mass is 19.1. The second kappa shape index (κ2) is 13.4. The van der Waals surface area contributed by atoms with Crippen LogP contribution in [-0.4, -0.2) is 47.7 Å². The Labute approximate surface area is 272 Å². The van der Waals surface area contributed by atoms with E-state index in [0.29, 0.717) is 22.4 Å². The maximum Gasteiger partial charge on any atom is 0.338 e. The zero-order valence-corrected chi connectivity index (χ0v) is 26.8. The van der Waals surface area contributed by atoms with Crippen molar-refractivity contribution in [1.82, 2.24) is 5.32 Å². The van der Waals surface area contributed by atoms with Gasteiger partial charge in [-0.15, -0.1) is 0 Å². The first-order chi connectivity index (χ1) is 22.3. The topological polar surface area (TPSA) is 117 Å². The number of amides is 3. The van der Waals surface area contributed by atoms with Crippen molar-refractivity contribution in [2.75, 3.05) is 16.8 Å². The molecule has 9 nitrogen and oxygen atoms in total. The molecule has 1 heterocycles. The van der Waals surface area contributed by atoms with Crippen molar-refractivity contribution in [3.8, 4) is 0 Å². The lowest BCUT2D eigenvalue weighted by Gasteiger charge is -2.26. The number of hydrogen-bond acceptors (Lipinski definition) is 6. The van der Waals surface area contributed by atoms with Gasteiger partial charge in [-0.3, -0.25) is 9.59 Å². The van der Waals surface area contributed by atoms with Crippen molar-refractivity contribution >= 4 is 40.8 Å². The molecule has 3 amide bonds. The summed E-state index contributed by atoms with van der Waals surface area (Å²) < 4.78 is 20.7. The molecule has 47 heavy (non-hydrogen) atoms. The molecule has 0 radical (unpaired) electrons. The van der Waals surface area contributed by atoms with E-state index in [4.69, 9.17) is 4.74 Å². The SMILES string of the molecule is Cc1ccccc1C(=O)CN1C(=O)[C@H](NC(=O)Nc2cccc(C(=O)OC(C)(C)C)c2)N=C(c2ccccc2F)c2cccc(C)c21. The zero-order chi connectivity index (χ0) is 33.9. The van der Waals surface area contributed by atoms with Crippen LogP contribution in [0.5, 0.6) is 0 Å². The fourth-order valence-corrected chi connectivity index (χ4v) is 5.31. The van der Waals surface area contributed by atoms with Gasteiger partial charge in [0.05, 0.1) is 23.5 Å². The lowest BCUT2D eigenvalue weighted by Crippen LogP contribution is -2.50. The number of halogens is 1. The molecule has 1 aliphatic heterocycles. The number of anilines is 2. The molecule has 0 saturated heterocycles. The van der Waals surface area contributed by atoms with Gasteiger partial charge >= 0.3 is 12.0 Å². The van der Waals surface area contributed by atoms with Crippen molar-refractivity contribution in [2.45, 2.75) is 46.4 Å². The van der Waals surface area contributed by atoms with Crippen LogP contribution >= 0.6 is 0 Å². The average molecular weight is 635 g/mol. The first-order valence-corrected chi connectivity index (χ1v) is 15.1. The van der Waals surface area contributed by atoms with Crippen LogP contribution in [0.3, 0.4) is 0 Å². The Hall–Kier alpha value is -5.64. The van der Waals surface area contributed by atoms with Gasteiger partial charge in [-0.2, -0.15) is 0 Å². The molecule has 4 aromatic carbocycles. The summed E-state index contributed by atoms with van der Waals surface area (Å²) in [6.07, 6.45) is -1.55. The molecular weight excluding hydrogens is 599 g/mol. The van der Waals surface area contributed by atoms with Crippen LogP contribution in [0, 0.1) is 19.7 Å². The third-order valence-electron chi connectivity index (χ3n) is 7.42. The van der Waals surface area contributed by atoms with E-state index in [-0.39, 0.29) is 34.9 Å². The second-order valence-electron chi connectivity index (χ2n) is 12.2. The first-order valence-electron chi connectivity index (χ1n) is 15.1. The molecule has 5 rings (SSSR count). The number of nitrogens with one attached hydrogen (secondary N) is 2. The quantitative estimate of drug-likeness (QED) is 0.175. The van der Waals surface area contributed by atoms with Gasteiger partial charge in [0, 0.05) is 22.4 Å². The van der Waals surface area contributed by atoms with E-state index in [0.717, 1.165) is 5.56 Å². The molecular formula is C37H35FN4O5. The third kappa shape index (κ3) is 7.44. The van der Waals surface area contributed by atoms with Gasteiger partial charge in [0.2, 0.25) is 6.17 Å². The van der Waals surface area contributed by atoms with E-state index in [9.17, 15) is 19.2 Å². The molecule has 0 spiro atoms. The highest BCUT2D eigenvalue weighted by molar-refractivity contribution is 6.22. The van der Waals surface area contributed by atoms with Gasteiger partial charge < -0.3 is 20.3 Å². The van der Waals surface area contributed by atoms with Crippen molar-refractivity contribution in [3.63, 3.8) is 0 Å². The number of aryl methyl sites for hydroxylation is 2. The monoisotopic (exact) mass is 634 g/mol. The van der Waals surface area contributed by atoms with Crippen LogP contribution < -0.4 is 15.5 Å². The summed E-state index contributed by atoms with van der Waals surface area (Å²) in [4.78, 5) is 59.8. The van der Waals surface area contributed by atoms with E-state index >= 15 is 4.39 Å². The van der Waals surface area contributed by atoms with E-state index < -0.39 is 35.5 Å². The zero-order valence-electron chi connectivity index (χ0n) is 26.8. The number of ketones is 1. The number of carbonyl (C=O) groups is 4. The molecule has 4 aromatic rings. The minimum absolute atomic E-state index is 0.122. The van der Waals surface area contributed by atoms with E-state index in [1.165, 1.54) is 23.1 Å². The molecule has 0 saturated carbocycles. The minimum atomic E-state index is -1.55. The Morgan fingerprint density at radius 2 is 1.53 bits per heavy atom. The molecule has 0 fully saturated rings. The van der Waals surface area contributed by atoms with Crippen LogP contribution in [0.15, 0.2) is 96.0 Å². The Bertz CT molecular complexity index is 1910. The molecule has 0 aliphatic carbocycles. The van der Waals surface area contributed by atoms with Crippen molar-refractivity contribution in [2.24, 2.45) is 4.99 Å². The van der Waals surface area contributed by atoms with Crippen molar-refractivity contribution in [3.05, 3.63) is 130 Å². The van der Waals surface area contributed by atoms with E-state index in [2.05, 4.69) is 15.6 Å². The van der Waals surface area contributed by atoms with Gasteiger partial charge in [0.15, 0.2) is 5.78 Å². The van der Waals surface area contributed by atoms with Crippen molar-refractivity contribution < 1.29 is 28.3 Å². The molecule has 240 valence electrons. The number of Topliss-reactive ketones (excluding diaryl/α,β-unsaturated/α-hetero) is 1. The largest absolute Gasteiger partial charge is 0.456 e. The number of carbonyl (C=O) groups excluding carboxylic acids is 4. The Morgan fingerprint density at radius 1 is 0.872 bits per heavy atom. The molecule has 1 atom stereocenters. The number of nitrogens with zero attached hydrogens (tertiary/aromatic N) is 2. The highest BCUT2D eigenvalue weighted by Gasteiger charge is 2.36. The van der Waals surface area contributed by atoms with E-state index in [1.807, 2.05) is 19.1 Å². The number of rotatable bonds is 7. The summed E-state index contributed by atoms with van der Waals surface area (Å²) >= 11 is 0. The summed E-state index contributed by atoms with van der Waals surface area (Å²) in [7, 11) is 0. The molecule has 10 heteroatoms. The number of esters is 1. The van der Waals surface area contributed by atoms with Gasteiger partial charge in [-0.05, 0) is 76.1 Å². The number of hydrogen-bond donors (Lipinski definition) is 2. The molecule has 0 unspecified atom stereocenters. The molecule has 2 N–H and O–H groups in total. The van der Waals surface area contributed by atoms with Crippen LogP contribution in [-0.2, 0) is 9.53 Å². The number of benzene rings is 4. The normalized spacial score (nSPS) is 14.4. The smallest absolute Gasteiger partial charge is 0.338 e. The summed E-state index contributed by atoms with van der Waals surface area (Å²) in [5.41, 5.74) is 2.68. The summed E-state index contributed by atoms with van der Waals surface area (Å²) in [5, 5.41) is 5.23. The molecule has 0 aromatic heterocycles. The maximum absolute atomic E-state index is 15.3. The van der Waals surface area contributed by atoms with Crippen molar-refractivity contribution in [1.29, 1.82) is 0 Å². The summed E-state index contributed by atoms with van der Waals surface area (Å²) in [5.74, 6) is -2.15. The van der Waals surface area contributed by atoms with Gasteiger partial charge in [-0.1, -0.05) is 60.7 Å². The number of urea groups is 1. The average Bonchev–Trinajstić information content (AvgIpc) is 3.12. The highest BCUT2D eigenvalue weighted by Crippen LogP contribution is 2.32. The minimum Gasteiger partial charge on any atom is -0.456 e. The molecule has 1 aliphatic rings. The lowest BCUT2D eigenvalue weighted by atomic mass is 9.97. The number of ether oxygens (including phenoxy) is 1. The van der Waals surface area contributed by atoms with Crippen LogP contribution in [0.25, 0.3) is 0 Å². The van der Waals surface area contributed by atoms with Gasteiger partial charge in [0.25, 0.3) is 5.91 Å². The van der Waals surface area contributed by atoms with Gasteiger partial charge in [-0.25, -0.2) is 19.0 Å². The summed E-state index contributed by atoms with van der Waals surface area (Å²) in [6.45, 7) is 8.49. The third-order valence-corrected chi connectivity index (χ3v) is 7.42. The number of para-hydroxylation sites is 1. The fraction of sp³-hybridized carbons (Fsp3) is 0.216. The Balaban J connectivity index is 1.53. The number of fused-ring (bicyclic) bond motifs is 1. The van der Waals surface area contributed by atoms with Crippen LogP contribution in [0.4, 0.5) is 20.6 Å². The number of aliphatic imine (C=N–C) groups is 1. The standard InChI is InChI=1S/C37H35FN4O5/c1-22-12-6-7-16-26(22)30(43)21-42-32-23(2)13-10-18-28(32)31(27-17-8-9-19-29(27)38)40-33(34(42)44)41-36(46)39-25-15-11-14-24(20-25)35(45)47-37(3,4)5/h6-20,33H,21H2,1-5H3,(H2,39,41,46)/t33-/m0/s1. The predicted molar refractivity (Wildman–Crippen MR) is 179 cm³/mol. The predicted octanol–water partition coefficient (Wildman–Crippen LogP) is 6.61. The molecule has 0 bridgehead atoms. The van der Waals surface area contributed by atoms with Crippen LogP contribution in [0.2, 0.25) is 0 Å². The lowest BCUT2D eigenvalue weighted by molar-refractivity contribution is -0.120.